The summed E-state index contributed by atoms with van der Waals surface area (Å²) in [4.78, 5) is 12.4. The second-order valence-electron chi connectivity index (χ2n) is 6.24. The third kappa shape index (κ3) is 2.01. The Morgan fingerprint density at radius 3 is 2.84 bits per heavy atom. The van der Waals surface area contributed by atoms with E-state index in [0.29, 0.717) is 17.7 Å². The summed E-state index contributed by atoms with van der Waals surface area (Å²) in [6, 6.07) is 7.12. The van der Waals surface area contributed by atoms with E-state index < -0.39 is 0 Å². The van der Waals surface area contributed by atoms with Crippen molar-refractivity contribution in [2.75, 3.05) is 0 Å². The van der Waals surface area contributed by atoms with E-state index in [1.165, 1.54) is 0 Å². The number of nitrogens with one attached hydrogen (secondary N) is 1. The van der Waals surface area contributed by atoms with Crippen LogP contribution >= 0.6 is 0 Å². The lowest BCUT2D eigenvalue weighted by molar-refractivity contribution is -0.126. The van der Waals surface area contributed by atoms with Crippen molar-refractivity contribution in [3.05, 3.63) is 29.8 Å². The summed E-state index contributed by atoms with van der Waals surface area (Å²) in [7, 11) is 0. The molecule has 0 radical (unpaired) electrons. The van der Waals surface area contributed by atoms with Crippen molar-refractivity contribution in [1.29, 1.82) is 0 Å². The van der Waals surface area contributed by atoms with E-state index in [4.69, 9.17) is 0 Å². The van der Waals surface area contributed by atoms with Gasteiger partial charge in [-0.2, -0.15) is 5.10 Å². The van der Waals surface area contributed by atoms with E-state index in [-0.39, 0.29) is 28.9 Å². The maximum atomic E-state index is 12.4. The van der Waals surface area contributed by atoms with Gasteiger partial charge in [-0.05, 0) is 24.0 Å². The minimum atomic E-state index is -0.221. The molecule has 0 bridgehead atoms. The monoisotopic (exact) mass is 258 g/mol. The molecule has 1 aromatic carbocycles. The minimum absolute atomic E-state index is 0.0228. The number of nitrogens with zero attached hydrogens (tertiary/aromatic N) is 1. The number of phenolic OH excluding ortho intramolecular Hbond substituents is 1. The lowest BCUT2D eigenvalue weighted by Gasteiger charge is -2.36. The van der Waals surface area contributed by atoms with Crippen LogP contribution in [0.15, 0.2) is 29.4 Å². The summed E-state index contributed by atoms with van der Waals surface area (Å²) < 4.78 is 0. The maximum absolute atomic E-state index is 12.4. The van der Waals surface area contributed by atoms with Crippen molar-refractivity contribution < 1.29 is 9.90 Å². The zero-order valence-corrected chi connectivity index (χ0v) is 11.2. The molecule has 1 aromatic rings. The molecule has 3 rings (SSSR count). The second-order valence-corrected chi connectivity index (χ2v) is 6.24. The molecule has 1 aliphatic carbocycles. The topological polar surface area (TPSA) is 61.7 Å². The van der Waals surface area contributed by atoms with Gasteiger partial charge in [0.05, 0.1) is 17.7 Å². The highest BCUT2D eigenvalue weighted by atomic mass is 16.3. The van der Waals surface area contributed by atoms with Crippen LogP contribution in [0.1, 0.15) is 32.3 Å². The number of hydrogen-bond donors (Lipinski definition) is 2. The predicted octanol–water partition coefficient (Wildman–Crippen LogP) is 2.07. The Hall–Kier alpha value is -1.84. The molecule has 0 aromatic heterocycles. The van der Waals surface area contributed by atoms with Crippen LogP contribution in [0.5, 0.6) is 5.75 Å². The molecule has 1 fully saturated rings. The Morgan fingerprint density at radius 1 is 1.37 bits per heavy atom. The van der Waals surface area contributed by atoms with Gasteiger partial charge in [0, 0.05) is 12.0 Å². The van der Waals surface area contributed by atoms with E-state index >= 15 is 0 Å². The third-order valence-corrected chi connectivity index (χ3v) is 4.00. The molecular formula is C15H18N2O2. The highest BCUT2D eigenvalue weighted by Crippen LogP contribution is 2.40. The first-order chi connectivity index (χ1) is 8.98. The number of carbonyl (C=O) groups excluding carboxylic acids is 1. The molecule has 1 aliphatic heterocycles. The van der Waals surface area contributed by atoms with E-state index in [0.717, 1.165) is 6.42 Å². The van der Waals surface area contributed by atoms with Crippen LogP contribution in [-0.4, -0.2) is 22.6 Å². The Morgan fingerprint density at radius 2 is 2.11 bits per heavy atom. The number of carbonyl (C=O) groups is 1. The Balaban J connectivity index is 1.95. The summed E-state index contributed by atoms with van der Waals surface area (Å²) in [6.45, 7) is 4.22. The number of aromatic hydroxyl groups is 1. The largest absolute Gasteiger partial charge is 0.507 e. The highest BCUT2D eigenvalue weighted by Gasteiger charge is 2.46. The minimum Gasteiger partial charge on any atom is -0.507 e. The number of para-hydroxylation sites is 1. The Bertz CT molecular complexity index is 563. The zero-order chi connectivity index (χ0) is 13.6. The summed E-state index contributed by atoms with van der Waals surface area (Å²) in [5.74, 6) is 0.177. The molecule has 0 amide bonds. The standard InChI is InChI=1S/C15H18N2O2/c1-15(2)7-10-13(12(19)8-15)14(17-16-10)9-5-3-4-6-11(9)18/h3-6,10,13,16,18H,7-8H2,1-2H3. The predicted molar refractivity (Wildman–Crippen MR) is 73.1 cm³/mol. The van der Waals surface area contributed by atoms with Crippen LogP contribution in [0.2, 0.25) is 0 Å². The molecule has 0 saturated heterocycles. The molecule has 2 unspecified atom stereocenters. The maximum Gasteiger partial charge on any atom is 0.144 e. The van der Waals surface area contributed by atoms with Crippen LogP contribution in [0, 0.1) is 11.3 Å². The fraction of sp³-hybridized carbons (Fsp3) is 0.467. The summed E-state index contributed by atoms with van der Waals surface area (Å²) in [5, 5.41) is 14.2. The number of phenols is 1. The van der Waals surface area contributed by atoms with Crippen molar-refractivity contribution in [2.45, 2.75) is 32.7 Å². The quantitative estimate of drug-likeness (QED) is 0.810. The highest BCUT2D eigenvalue weighted by molar-refractivity contribution is 6.16. The first-order valence-electron chi connectivity index (χ1n) is 6.62. The van der Waals surface area contributed by atoms with E-state index in [9.17, 15) is 9.90 Å². The third-order valence-electron chi connectivity index (χ3n) is 4.00. The first-order valence-corrected chi connectivity index (χ1v) is 6.62. The van der Waals surface area contributed by atoms with Gasteiger partial charge >= 0.3 is 0 Å². The normalized spacial score (nSPS) is 28.5. The van der Waals surface area contributed by atoms with Gasteiger partial charge < -0.3 is 10.5 Å². The van der Waals surface area contributed by atoms with Crippen molar-refractivity contribution in [2.24, 2.45) is 16.4 Å². The van der Waals surface area contributed by atoms with E-state index in [2.05, 4.69) is 24.4 Å². The van der Waals surface area contributed by atoms with Gasteiger partial charge in [-0.3, -0.25) is 4.79 Å². The number of rotatable bonds is 1. The van der Waals surface area contributed by atoms with Gasteiger partial charge in [-0.25, -0.2) is 0 Å². The molecule has 2 aliphatic rings. The Kier molecular flexibility index (Phi) is 2.62. The average Bonchev–Trinajstić information content (AvgIpc) is 2.71. The molecule has 1 heterocycles. The lowest BCUT2D eigenvalue weighted by Crippen LogP contribution is -2.45. The van der Waals surface area contributed by atoms with Gasteiger partial charge in [0.15, 0.2) is 0 Å². The molecule has 100 valence electrons. The second kappa shape index (κ2) is 4.08. The van der Waals surface area contributed by atoms with Crippen molar-refractivity contribution in [3.8, 4) is 5.75 Å². The summed E-state index contributed by atoms with van der Waals surface area (Å²) in [6.07, 6.45) is 1.49. The number of hydrazone groups is 1. The molecule has 2 N–H and O–H groups in total. The van der Waals surface area contributed by atoms with E-state index in [1.807, 2.05) is 12.1 Å². The van der Waals surface area contributed by atoms with Crippen LogP contribution in [-0.2, 0) is 4.79 Å². The van der Waals surface area contributed by atoms with Crippen LogP contribution in [0.25, 0.3) is 0 Å². The van der Waals surface area contributed by atoms with E-state index in [1.54, 1.807) is 12.1 Å². The van der Waals surface area contributed by atoms with Gasteiger partial charge in [-0.1, -0.05) is 26.0 Å². The van der Waals surface area contributed by atoms with Gasteiger partial charge in [0.2, 0.25) is 0 Å². The number of ketones is 1. The fourth-order valence-corrected chi connectivity index (χ4v) is 3.19. The molecule has 1 saturated carbocycles. The molecule has 0 spiro atoms. The lowest BCUT2D eigenvalue weighted by atomic mass is 9.68. The zero-order valence-electron chi connectivity index (χ0n) is 11.2. The van der Waals surface area contributed by atoms with Gasteiger partial charge in [-0.15, -0.1) is 0 Å². The van der Waals surface area contributed by atoms with Crippen molar-refractivity contribution in [1.82, 2.24) is 5.43 Å². The van der Waals surface area contributed by atoms with Gasteiger partial charge in [0.25, 0.3) is 0 Å². The van der Waals surface area contributed by atoms with Crippen molar-refractivity contribution in [3.63, 3.8) is 0 Å². The number of Topliss-reactive ketones (excluding diaryl/α,β-unsaturated/α-hetero) is 1. The molecule has 19 heavy (non-hydrogen) atoms. The molecule has 2 atom stereocenters. The van der Waals surface area contributed by atoms with Gasteiger partial charge in [0.1, 0.15) is 11.5 Å². The van der Waals surface area contributed by atoms with Crippen molar-refractivity contribution >= 4 is 11.5 Å². The van der Waals surface area contributed by atoms with Crippen LogP contribution < -0.4 is 5.43 Å². The number of benzene rings is 1. The molecule has 4 heteroatoms. The smallest absolute Gasteiger partial charge is 0.144 e. The fourth-order valence-electron chi connectivity index (χ4n) is 3.19. The van der Waals surface area contributed by atoms with Crippen LogP contribution in [0.3, 0.4) is 0 Å². The number of fused-ring (bicyclic) bond motifs is 1. The molecular weight excluding hydrogens is 240 g/mol. The SMILES string of the molecule is CC1(C)CC(=O)C2C(c3ccccc3O)=NNC2C1. The average molecular weight is 258 g/mol. The van der Waals surface area contributed by atoms with Crippen LogP contribution in [0.4, 0.5) is 0 Å². The molecule has 4 nitrogen and oxygen atoms in total. The Labute approximate surface area is 112 Å². The summed E-state index contributed by atoms with van der Waals surface area (Å²) in [5.41, 5.74) is 4.45. The number of hydrogen-bond acceptors (Lipinski definition) is 4. The first kappa shape index (κ1) is 12.2. The summed E-state index contributed by atoms with van der Waals surface area (Å²) >= 11 is 0.